The number of aryl methyl sites for hydroxylation is 1. The van der Waals surface area contributed by atoms with Gasteiger partial charge in [0.1, 0.15) is 5.82 Å². The normalized spacial score (nSPS) is 14.4. The van der Waals surface area contributed by atoms with Crippen molar-refractivity contribution < 1.29 is 8.81 Å². The molecule has 0 radical (unpaired) electrons. The molecule has 1 heterocycles. The van der Waals surface area contributed by atoms with Gasteiger partial charge in [-0.3, -0.25) is 0 Å². The highest BCUT2D eigenvalue weighted by molar-refractivity contribution is 7.99. The fourth-order valence-electron chi connectivity index (χ4n) is 1.60. The number of rotatable bonds is 4. The number of thioether (sulfide) groups is 1. The van der Waals surface area contributed by atoms with Crippen molar-refractivity contribution >= 4 is 11.8 Å². The van der Waals surface area contributed by atoms with Gasteiger partial charge in [0.2, 0.25) is 5.89 Å². The van der Waals surface area contributed by atoms with Crippen LogP contribution in [0.15, 0.2) is 33.9 Å². The molecular formula is C12H14FN3OS. The van der Waals surface area contributed by atoms with Crippen molar-refractivity contribution in [2.75, 3.05) is 0 Å². The van der Waals surface area contributed by atoms with Crippen molar-refractivity contribution in [1.82, 2.24) is 10.2 Å². The third kappa shape index (κ3) is 3.08. The molecule has 2 unspecified atom stereocenters. The van der Waals surface area contributed by atoms with Gasteiger partial charge >= 0.3 is 0 Å². The van der Waals surface area contributed by atoms with Crippen LogP contribution in [0.3, 0.4) is 0 Å². The van der Waals surface area contributed by atoms with Crippen molar-refractivity contribution in [3.8, 4) is 0 Å². The van der Waals surface area contributed by atoms with Crippen molar-refractivity contribution in [2.45, 2.75) is 30.4 Å². The summed E-state index contributed by atoms with van der Waals surface area (Å²) in [6.07, 6.45) is 0. The zero-order valence-corrected chi connectivity index (χ0v) is 10.9. The lowest BCUT2D eigenvalue weighted by molar-refractivity contribution is 0.427. The molecule has 2 aromatic rings. The Labute approximate surface area is 109 Å². The smallest absolute Gasteiger partial charge is 0.277 e. The third-order valence-corrected chi connectivity index (χ3v) is 3.71. The van der Waals surface area contributed by atoms with Crippen molar-refractivity contribution in [2.24, 2.45) is 5.73 Å². The number of halogens is 1. The van der Waals surface area contributed by atoms with Gasteiger partial charge < -0.3 is 10.2 Å². The molecule has 2 N–H and O–H groups in total. The Hall–Kier alpha value is -1.40. The summed E-state index contributed by atoms with van der Waals surface area (Å²) in [6.45, 7) is 3.59. The molecule has 0 spiro atoms. The van der Waals surface area contributed by atoms with Crippen molar-refractivity contribution in [1.29, 1.82) is 0 Å². The lowest BCUT2D eigenvalue weighted by Gasteiger charge is -2.18. The maximum absolute atomic E-state index is 13.2. The summed E-state index contributed by atoms with van der Waals surface area (Å²) in [6, 6.07) is 6.23. The number of hydrogen-bond acceptors (Lipinski definition) is 5. The van der Waals surface area contributed by atoms with Gasteiger partial charge in [-0.15, -0.1) is 10.2 Å². The summed E-state index contributed by atoms with van der Waals surface area (Å²) < 4.78 is 18.5. The number of aromatic nitrogens is 2. The lowest BCUT2D eigenvalue weighted by atomic mass is 10.1. The monoisotopic (exact) mass is 267 g/mol. The summed E-state index contributed by atoms with van der Waals surface area (Å²) in [4.78, 5) is 0. The van der Waals surface area contributed by atoms with Gasteiger partial charge in [-0.05, 0) is 24.6 Å². The molecule has 0 fully saturated rings. The highest BCUT2D eigenvalue weighted by atomic mass is 32.2. The molecule has 0 aliphatic rings. The predicted octanol–water partition coefficient (Wildman–Crippen LogP) is 2.70. The van der Waals surface area contributed by atoms with Gasteiger partial charge in [0, 0.05) is 13.0 Å². The molecule has 1 aromatic heterocycles. The summed E-state index contributed by atoms with van der Waals surface area (Å²) in [5, 5.41) is 7.99. The standard InChI is InChI=1S/C12H14FN3OS/c1-7(14)11(9-4-3-5-10(13)6-9)18-12-16-15-8(2)17-12/h3-7,11H,14H2,1-2H3. The highest BCUT2D eigenvalue weighted by Gasteiger charge is 2.21. The van der Waals surface area contributed by atoms with E-state index in [0.717, 1.165) is 5.56 Å². The van der Waals surface area contributed by atoms with E-state index in [1.165, 1.54) is 23.9 Å². The van der Waals surface area contributed by atoms with Crippen molar-refractivity contribution in [3.63, 3.8) is 0 Å². The molecular weight excluding hydrogens is 253 g/mol. The summed E-state index contributed by atoms with van der Waals surface area (Å²) in [7, 11) is 0. The van der Waals surface area contributed by atoms with Crippen LogP contribution >= 0.6 is 11.8 Å². The maximum Gasteiger partial charge on any atom is 0.277 e. The first kappa shape index (κ1) is 13.0. The minimum atomic E-state index is -0.277. The van der Waals surface area contributed by atoms with Crippen molar-refractivity contribution in [3.05, 3.63) is 41.5 Å². The molecule has 6 heteroatoms. The SMILES string of the molecule is Cc1nnc(SC(c2cccc(F)c2)C(C)N)o1. The van der Waals surface area contributed by atoms with E-state index in [1.54, 1.807) is 13.0 Å². The number of hydrogen-bond donors (Lipinski definition) is 1. The van der Waals surface area contributed by atoms with Crippen LogP contribution in [0.25, 0.3) is 0 Å². The van der Waals surface area contributed by atoms with Crippen LogP contribution < -0.4 is 5.73 Å². The van der Waals surface area contributed by atoms with E-state index in [0.29, 0.717) is 11.1 Å². The van der Waals surface area contributed by atoms with Crippen LogP contribution in [0.2, 0.25) is 0 Å². The molecule has 4 nitrogen and oxygen atoms in total. The van der Waals surface area contributed by atoms with Crippen LogP contribution in [0, 0.1) is 12.7 Å². The average molecular weight is 267 g/mol. The van der Waals surface area contributed by atoms with Crippen LogP contribution in [-0.4, -0.2) is 16.2 Å². The zero-order chi connectivity index (χ0) is 13.1. The molecule has 0 aliphatic heterocycles. The number of nitrogens with two attached hydrogens (primary N) is 1. The van der Waals surface area contributed by atoms with Gasteiger partial charge in [0.05, 0.1) is 5.25 Å². The minimum absolute atomic E-state index is 0.124. The topological polar surface area (TPSA) is 64.9 Å². The molecule has 1 aromatic carbocycles. The maximum atomic E-state index is 13.2. The first-order chi connectivity index (χ1) is 8.56. The second-order valence-electron chi connectivity index (χ2n) is 4.04. The largest absolute Gasteiger partial charge is 0.416 e. The molecule has 0 amide bonds. The van der Waals surface area contributed by atoms with Crippen LogP contribution in [-0.2, 0) is 0 Å². The first-order valence-electron chi connectivity index (χ1n) is 5.54. The van der Waals surface area contributed by atoms with E-state index in [1.807, 2.05) is 13.0 Å². The van der Waals surface area contributed by atoms with Crippen LogP contribution in [0.1, 0.15) is 23.6 Å². The Morgan fingerprint density at radius 3 is 2.72 bits per heavy atom. The van der Waals surface area contributed by atoms with E-state index in [4.69, 9.17) is 10.2 Å². The third-order valence-electron chi connectivity index (χ3n) is 2.39. The van der Waals surface area contributed by atoms with E-state index >= 15 is 0 Å². The van der Waals surface area contributed by atoms with Gasteiger partial charge in [0.25, 0.3) is 5.22 Å². The van der Waals surface area contributed by atoms with Gasteiger partial charge in [-0.2, -0.15) is 0 Å². The second kappa shape index (κ2) is 5.49. The Morgan fingerprint density at radius 1 is 1.39 bits per heavy atom. The van der Waals surface area contributed by atoms with Crippen LogP contribution in [0.5, 0.6) is 0 Å². The molecule has 0 bridgehead atoms. The minimum Gasteiger partial charge on any atom is -0.416 e. The van der Waals surface area contributed by atoms with E-state index in [9.17, 15) is 4.39 Å². The lowest BCUT2D eigenvalue weighted by Crippen LogP contribution is -2.22. The molecule has 0 saturated heterocycles. The van der Waals surface area contributed by atoms with Gasteiger partial charge in [-0.25, -0.2) is 4.39 Å². The average Bonchev–Trinajstić information content (AvgIpc) is 2.71. The Morgan fingerprint density at radius 2 is 2.17 bits per heavy atom. The number of benzene rings is 1. The molecule has 18 heavy (non-hydrogen) atoms. The summed E-state index contributed by atoms with van der Waals surface area (Å²) in [5.74, 6) is 0.223. The molecule has 2 rings (SSSR count). The highest BCUT2D eigenvalue weighted by Crippen LogP contribution is 2.36. The van der Waals surface area contributed by atoms with Crippen LogP contribution in [0.4, 0.5) is 4.39 Å². The number of nitrogens with zero attached hydrogens (tertiary/aromatic N) is 2. The van der Waals surface area contributed by atoms with Gasteiger partial charge in [-0.1, -0.05) is 23.9 Å². The molecule has 0 saturated carbocycles. The second-order valence-corrected chi connectivity index (χ2v) is 5.13. The molecule has 2 atom stereocenters. The fraction of sp³-hybridized carbons (Fsp3) is 0.333. The predicted molar refractivity (Wildman–Crippen MR) is 67.7 cm³/mol. The quantitative estimate of drug-likeness (QED) is 0.863. The molecule has 96 valence electrons. The van der Waals surface area contributed by atoms with Gasteiger partial charge in [0.15, 0.2) is 0 Å². The molecule has 0 aliphatic carbocycles. The summed E-state index contributed by atoms with van der Waals surface area (Å²) in [5.41, 5.74) is 6.75. The summed E-state index contributed by atoms with van der Waals surface area (Å²) >= 11 is 1.35. The van der Waals surface area contributed by atoms with E-state index in [2.05, 4.69) is 10.2 Å². The fourth-order valence-corrected chi connectivity index (χ4v) is 2.57. The Kier molecular flexibility index (Phi) is 3.98. The first-order valence-corrected chi connectivity index (χ1v) is 6.42. The Bertz CT molecular complexity index is 530. The Balaban J connectivity index is 2.23. The zero-order valence-electron chi connectivity index (χ0n) is 10.1. The van der Waals surface area contributed by atoms with E-state index < -0.39 is 0 Å². The van der Waals surface area contributed by atoms with E-state index in [-0.39, 0.29) is 17.1 Å².